The van der Waals surface area contributed by atoms with Crippen LogP contribution in [-0.4, -0.2) is 8.42 Å². The van der Waals surface area contributed by atoms with E-state index in [4.69, 9.17) is 16.9 Å². The second-order valence-corrected chi connectivity index (χ2v) is 6.68. The summed E-state index contributed by atoms with van der Waals surface area (Å²) in [5.41, 5.74) is 1.19. The van der Waals surface area contributed by atoms with Crippen molar-refractivity contribution < 1.29 is 8.42 Å². The fourth-order valence-corrected chi connectivity index (χ4v) is 3.28. The molecule has 0 radical (unpaired) electrons. The van der Waals surface area contributed by atoms with Gasteiger partial charge in [-0.3, -0.25) is 0 Å². The maximum atomic E-state index is 12.3. The summed E-state index contributed by atoms with van der Waals surface area (Å²) < 4.78 is 27.1. The van der Waals surface area contributed by atoms with Gasteiger partial charge in [-0.1, -0.05) is 23.7 Å². The van der Waals surface area contributed by atoms with E-state index >= 15 is 0 Å². The minimum absolute atomic E-state index is 0.121. The molecule has 0 unspecified atom stereocenters. The number of benzene rings is 2. The Morgan fingerprint density at radius 2 is 1.86 bits per heavy atom. The molecule has 0 saturated heterocycles. The van der Waals surface area contributed by atoms with Crippen molar-refractivity contribution in [1.29, 1.82) is 5.26 Å². The van der Waals surface area contributed by atoms with Crippen molar-refractivity contribution in [3.8, 4) is 6.07 Å². The molecule has 0 bridgehead atoms. The molecule has 0 heterocycles. The summed E-state index contributed by atoms with van der Waals surface area (Å²) in [4.78, 5) is 0.121. The largest absolute Gasteiger partial charge is 0.241 e. The average molecular weight is 321 g/mol. The quantitative estimate of drug-likeness (QED) is 0.940. The first kappa shape index (κ1) is 15.5. The van der Waals surface area contributed by atoms with Gasteiger partial charge in [0.15, 0.2) is 0 Å². The lowest BCUT2D eigenvalue weighted by molar-refractivity contribution is 0.567. The lowest BCUT2D eigenvalue weighted by Crippen LogP contribution is -2.26. The van der Waals surface area contributed by atoms with Crippen molar-refractivity contribution in [1.82, 2.24) is 4.72 Å². The van der Waals surface area contributed by atoms with Crippen LogP contribution in [-0.2, 0) is 10.0 Å². The molecular weight excluding hydrogens is 308 g/mol. The Balaban J connectivity index is 2.22. The number of hydrogen-bond donors (Lipinski definition) is 1. The van der Waals surface area contributed by atoms with Gasteiger partial charge in [0.25, 0.3) is 0 Å². The standard InChI is InChI=1S/C15H13ClN2O2S/c1-11(13-3-2-4-14(16)9-13)18-21(19,20)15-7-5-12(10-17)6-8-15/h2-9,11,18H,1H3/t11-/m0/s1. The lowest BCUT2D eigenvalue weighted by atomic mass is 10.1. The smallest absolute Gasteiger partial charge is 0.207 e. The van der Waals surface area contributed by atoms with E-state index in [2.05, 4.69) is 4.72 Å². The minimum atomic E-state index is -3.65. The predicted molar refractivity (Wildman–Crippen MR) is 81.3 cm³/mol. The second kappa shape index (κ2) is 6.27. The van der Waals surface area contributed by atoms with Crippen molar-refractivity contribution >= 4 is 21.6 Å². The van der Waals surface area contributed by atoms with Crippen molar-refractivity contribution in [3.63, 3.8) is 0 Å². The Morgan fingerprint density at radius 3 is 2.43 bits per heavy atom. The molecule has 0 fully saturated rings. The van der Waals surface area contributed by atoms with Gasteiger partial charge in [-0.15, -0.1) is 0 Å². The Bertz CT molecular complexity index is 780. The summed E-state index contributed by atoms with van der Waals surface area (Å²) in [5, 5.41) is 9.28. The summed E-state index contributed by atoms with van der Waals surface area (Å²) >= 11 is 5.90. The molecule has 6 heteroatoms. The van der Waals surface area contributed by atoms with Crippen LogP contribution in [0.2, 0.25) is 5.02 Å². The first-order chi connectivity index (χ1) is 9.92. The molecule has 2 aromatic rings. The molecule has 1 atom stereocenters. The van der Waals surface area contributed by atoms with Gasteiger partial charge in [0, 0.05) is 11.1 Å². The zero-order valence-electron chi connectivity index (χ0n) is 11.2. The van der Waals surface area contributed by atoms with E-state index in [0.29, 0.717) is 10.6 Å². The molecule has 0 aliphatic rings. The third kappa shape index (κ3) is 3.82. The SMILES string of the molecule is C[C@H](NS(=O)(=O)c1ccc(C#N)cc1)c1cccc(Cl)c1. The average Bonchev–Trinajstić information content (AvgIpc) is 2.47. The molecule has 21 heavy (non-hydrogen) atoms. The first-order valence-corrected chi connectivity index (χ1v) is 8.06. The molecule has 2 aromatic carbocycles. The van der Waals surface area contributed by atoms with E-state index < -0.39 is 16.1 Å². The van der Waals surface area contributed by atoms with E-state index in [1.54, 1.807) is 31.2 Å². The number of rotatable bonds is 4. The van der Waals surface area contributed by atoms with E-state index in [1.165, 1.54) is 24.3 Å². The van der Waals surface area contributed by atoms with Gasteiger partial charge in [-0.2, -0.15) is 5.26 Å². The number of hydrogen-bond acceptors (Lipinski definition) is 3. The maximum absolute atomic E-state index is 12.3. The van der Waals surface area contributed by atoms with E-state index in [1.807, 2.05) is 6.07 Å². The number of nitrogens with zero attached hydrogens (tertiary/aromatic N) is 1. The minimum Gasteiger partial charge on any atom is -0.207 e. The first-order valence-electron chi connectivity index (χ1n) is 6.20. The van der Waals surface area contributed by atoms with Crippen LogP contribution < -0.4 is 4.72 Å². The highest BCUT2D eigenvalue weighted by Gasteiger charge is 2.18. The van der Waals surface area contributed by atoms with Crippen LogP contribution in [0.4, 0.5) is 0 Å². The molecule has 0 aliphatic heterocycles. The fraction of sp³-hybridized carbons (Fsp3) is 0.133. The Morgan fingerprint density at radius 1 is 1.19 bits per heavy atom. The van der Waals surface area contributed by atoms with Crippen molar-refractivity contribution in [2.75, 3.05) is 0 Å². The Hall–Kier alpha value is -1.87. The number of nitriles is 1. The van der Waals surface area contributed by atoms with Gasteiger partial charge in [0.2, 0.25) is 10.0 Å². The van der Waals surface area contributed by atoms with Gasteiger partial charge >= 0.3 is 0 Å². The van der Waals surface area contributed by atoms with Crippen LogP contribution in [0.15, 0.2) is 53.4 Å². The van der Waals surface area contributed by atoms with E-state index in [0.717, 1.165) is 5.56 Å². The molecule has 108 valence electrons. The van der Waals surface area contributed by atoms with Gasteiger partial charge < -0.3 is 0 Å². The van der Waals surface area contributed by atoms with Gasteiger partial charge in [-0.05, 0) is 48.9 Å². The van der Waals surface area contributed by atoms with Crippen LogP contribution in [0.5, 0.6) is 0 Å². The van der Waals surface area contributed by atoms with Gasteiger partial charge in [0.1, 0.15) is 0 Å². The highest BCUT2D eigenvalue weighted by molar-refractivity contribution is 7.89. The third-order valence-corrected chi connectivity index (χ3v) is 4.77. The highest BCUT2D eigenvalue weighted by atomic mass is 35.5. The zero-order valence-corrected chi connectivity index (χ0v) is 12.8. The fourth-order valence-electron chi connectivity index (χ4n) is 1.85. The van der Waals surface area contributed by atoms with Crippen LogP contribution in [0.1, 0.15) is 24.1 Å². The topological polar surface area (TPSA) is 70.0 Å². The maximum Gasteiger partial charge on any atom is 0.241 e. The summed E-state index contributed by atoms with van der Waals surface area (Å²) in [5.74, 6) is 0. The van der Waals surface area contributed by atoms with Crippen molar-refractivity contribution in [2.45, 2.75) is 17.9 Å². The monoisotopic (exact) mass is 320 g/mol. The second-order valence-electron chi connectivity index (χ2n) is 4.53. The Kier molecular flexibility index (Phi) is 4.63. The normalized spacial score (nSPS) is 12.6. The summed E-state index contributed by atoms with van der Waals surface area (Å²) in [7, 11) is -3.65. The van der Waals surface area contributed by atoms with Crippen molar-refractivity contribution in [3.05, 3.63) is 64.7 Å². The molecule has 4 nitrogen and oxygen atoms in total. The number of nitrogens with one attached hydrogen (secondary N) is 1. The number of halogens is 1. The van der Waals surface area contributed by atoms with Crippen molar-refractivity contribution in [2.24, 2.45) is 0 Å². The summed E-state index contributed by atoms with van der Waals surface area (Å²) in [6, 6.07) is 14.3. The molecule has 0 spiro atoms. The molecule has 0 aliphatic carbocycles. The van der Waals surface area contributed by atoms with Crippen LogP contribution >= 0.6 is 11.6 Å². The molecule has 1 N–H and O–H groups in total. The summed E-state index contributed by atoms with van der Waals surface area (Å²) in [6.45, 7) is 1.74. The molecule has 0 aromatic heterocycles. The highest BCUT2D eigenvalue weighted by Crippen LogP contribution is 2.20. The molecule has 0 saturated carbocycles. The van der Waals surface area contributed by atoms with Gasteiger partial charge in [-0.25, -0.2) is 13.1 Å². The van der Waals surface area contributed by atoms with Crippen LogP contribution in [0, 0.1) is 11.3 Å². The number of sulfonamides is 1. The van der Waals surface area contributed by atoms with E-state index in [9.17, 15) is 8.42 Å². The van der Waals surface area contributed by atoms with Gasteiger partial charge in [0.05, 0.1) is 16.5 Å². The van der Waals surface area contributed by atoms with Crippen LogP contribution in [0.3, 0.4) is 0 Å². The molecule has 0 amide bonds. The summed E-state index contributed by atoms with van der Waals surface area (Å²) in [6.07, 6.45) is 0. The molecular formula is C15H13ClN2O2S. The van der Waals surface area contributed by atoms with Crippen LogP contribution in [0.25, 0.3) is 0 Å². The molecule has 2 rings (SSSR count). The zero-order chi connectivity index (χ0) is 15.5. The van der Waals surface area contributed by atoms with E-state index in [-0.39, 0.29) is 4.90 Å². The lowest BCUT2D eigenvalue weighted by Gasteiger charge is -2.15. The predicted octanol–water partition coefficient (Wildman–Crippen LogP) is 3.25. The Labute approximate surface area is 129 Å². The third-order valence-electron chi connectivity index (χ3n) is 2.97.